The molecule has 21 heavy (non-hydrogen) atoms. The second-order valence-electron chi connectivity index (χ2n) is 5.46. The lowest BCUT2D eigenvalue weighted by atomic mass is 9.78. The van der Waals surface area contributed by atoms with Gasteiger partial charge in [-0.05, 0) is 17.2 Å². The summed E-state index contributed by atoms with van der Waals surface area (Å²) in [6.07, 6.45) is 2.74. The van der Waals surface area contributed by atoms with Crippen LogP contribution in [0, 0.1) is 5.92 Å². The van der Waals surface area contributed by atoms with Crippen LogP contribution < -0.4 is 0 Å². The van der Waals surface area contributed by atoms with Crippen molar-refractivity contribution < 1.29 is 14.6 Å². The first-order valence-corrected chi connectivity index (χ1v) is 7.11. The van der Waals surface area contributed by atoms with Gasteiger partial charge in [0.2, 0.25) is 5.79 Å². The molecule has 4 atom stereocenters. The van der Waals surface area contributed by atoms with Crippen LogP contribution in [0.5, 0.6) is 0 Å². The third-order valence-electron chi connectivity index (χ3n) is 4.26. The van der Waals surface area contributed by atoms with Gasteiger partial charge in [-0.25, -0.2) is 0 Å². The molecule has 0 radical (unpaired) electrons. The lowest BCUT2D eigenvalue weighted by molar-refractivity contribution is -0.381. The normalized spacial score (nSPS) is 31.1. The molecule has 2 aromatic carbocycles. The molecule has 106 valence electrons. The highest BCUT2D eigenvalue weighted by atomic mass is 16.7. The first kappa shape index (κ1) is 12.6. The number of benzene rings is 2. The van der Waals surface area contributed by atoms with Gasteiger partial charge in [0.15, 0.2) is 0 Å². The van der Waals surface area contributed by atoms with E-state index < -0.39 is 11.9 Å². The Kier molecular flexibility index (Phi) is 2.84. The van der Waals surface area contributed by atoms with Crippen LogP contribution in [-0.2, 0) is 9.47 Å². The lowest BCUT2D eigenvalue weighted by Crippen LogP contribution is -2.57. The lowest BCUT2D eigenvalue weighted by Gasteiger charge is -2.51. The summed E-state index contributed by atoms with van der Waals surface area (Å²) < 4.78 is 11.7. The molecule has 0 amide bonds. The zero-order valence-electron chi connectivity index (χ0n) is 11.4. The van der Waals surface area contributed by atoms with Crippen molar-refractivity contribution in [3.63, 3.8) is 0 Å². The number of hydrogen-bond donors (Lipinski definition) is 1. The second-order valence-corrected chi connectivity index (χ2v) is 5.46. The van der Waals surface area contributed by atoms with E-state index in [9.17, 15) is 5.11 Å². The Morgan fingerprint density at radius 3 is 2.33 bits per heavy atom. The van der Waals surface area contributed by atoms with Crippen molar-refractivity contribution >= 4 is 0 Å². The zero-order valence-corrected chi connectivity index (χ0v) is 11.4. The number of ether oxygens (including phenoxy) is 2. The van der Waals surface area contributed by atoms with Gasteiger partial charge in [-0.3, -0.25) is 0 Å². The molecule has 0 saturated carbocycles. The Morgan fingerprint density at radius 1 is 0.952 bits per heavy atom. The van der Waals surface area contributed by atoms with Gasteiger partial charge >= 0.3 is 0 Å². The minimum Gasteiger partial charge on any atom is -0.466 e. The maximum absolute atomic E-state index is 10.7. The van der Waals surface area contributed by atoms with E-state index in [0.29, 0.717) is 0 Å². The van der Waals surface area contributed by atoms with Crippen molar-refractivity contribution in [3.05, 3.63) is 84.1 Å². The fourth-order valence-corrected chi connectivity index (χ4v) is 3.16. The SMILES string of the molecule is O[C@@H](c1ccccc1)[C@@]12OC=C[C@@H]1[C@@H](c1ccccc1)O2. The molecule has 1 saturated heterocycles. The van der Waals surface area contributed by atoms with Gasteiger partial charge < -0.3 is 14.6 Å². The van der Waals surface area contributed by atoms with Crippen LogP contribution in [0.4, 0.5) is 0 Å². The first-order valence-electron chi connectivity index (χ1n) is 7.11. The van der Waals surface area contributed by atoms with E-state index in [-0.39, 0.29) is 12.0 Å². The summed E-state index contributed by atoms with van der Waals surface area (Å²) in [6.45, 7) is 0. The van der Waals surface area contributed by atoms with E-state index in [0.717, 1.165) is 11.1 Å². The number of aliphatic hydroxyl groups excluding tert-OH is 1. The van der Waals surface area contributed by atoms with Gasteiger partial charge in [0.25, 0.3) is 0 Å². The van der Waals surface area contributed by atoms with Crippen LogP contribution in [0.25, 0.3) is 0 Å². The van der Waals surface area contributed by atoms with Gasteiger partial charge in [-0.15, -0.1) is 0 Å². The molecule has 3 nitrogen and oxygen atoms in total. The van der Waals surface area contributed by atoms with E-state index in [1.54, 1.807) is 6.26 Å². The van der Waals surface area contributed by atoms with Crippen LogP contribution in [0.2, 0.25) is 0 Å². The molecule has 0 bridgehead atoms. The topological polar surface area (TPSA) is 38.7 Å². The molecular formula is C18H16O3. The molecule has 0 unspecified atom stereocenters. The van der Waals surface area contributed by atoms with Crippen LogP contribution in [-0.4, -0.2) is 10.9 Å². The highest BCUT2D eigenvalue weighted by Crippen LogP contribution is 2.58. The van der Waals surface area contributed by atoms with E-state index in [1.165, 1.54) is 0 Å². The molecule has 1 N–H and O–H groups in total. The summed E-state index contributed by atoms with van der Waals surface area (Å²) in [4.78, 5) is 0. The number of rotatable bonds is 3. The maximum atomic E-state index is 10.7. The molecular weight excluding hydrogens is 264 g/mol. The van der Waals surface area contributed by atoms with Gasteiger partial charge in [-0.1, -0.05) is 60.7 Å². The standard InChI is InChI=1S/C18H16O3/c19-17(14-9-5-2-6-10-14)18-15(11-12-20-18)16(21-18)13-7-3-1-4-8-13/h1-12,15-17,19H/t15-,16-,17+,18-/m1/s1. The number of hydrogen-bond acceptors (Lipinski definition) is 3. The Bertz CT molecular complexity index is 653. The molecule has 0 aromatic heterocycles. The largest absolute Gasteiger partial charge is 0.466 e. The van der Waals surface area contributed by atoms with Crippen molar-refractivity contribution in [2.24, 2.45) is 5.92 Å². The van der Waals surface area contributed by atoms with Crippen LogP contribution in [0.3, 0.4) is 0 Å². The molecule has 2 aromatic rings. The molecule has 2 aliphatic heterocycles. The minimum atomic E-state index is -0.984. The molecule has 3 heteroatoms. The Hall–Kier alpha value is -2.10. The van der Waals surface area contributed by atoms with Crippen LogP contribution in [0.1, 0.15) is 23.3 Å². The van der Waals surface area contributed by atoms with Gasteiger partial charge in [0, 0.05) is 0 Å². The highest BCUT2D eigenvalue weighted by Gasteiger charge is 2.63. The monoisotopic (exact) mass is 280 g/mol. The number of fused-ring (bicyclic) bond motifs is 1. The smallest absolute Gasteiger partial charge is 0.249 e. The molecule has 2 aliphatic rings. The fourth-order valence-electron chi connectivity index (χ4n) is 3.16. The first-order chi connectivity index (χ1) is 10.3. The average Bonchev–Trinajstić information content (AvgIpc) is 2.86. The van der Waals surface area contributed by atoms with Crippen molar-refractivity contribution in [3.8, 4) is 0 Å². The summed E-state index contributed by atoms with van der Waals surface area (Å²) in [7, 11) is 0. The zero-order chi connectivity index (χ0) is 14.3. The Labute approximate surface area is 123 Å². The predicted octanol–water partition coefficient (Wildman–Crippen LogP) is 3.35. The molecule has 0 spiro atoms. The van der Waals surface area contributed by atoms with E-state index in [2.05, 4.69) is 0 Å². The highest BCUT2D eigenvalue weighted by molar-refractivity contribution is 5.30. The maximum Gasteiger partial charge on any atom is 0.249 e. The fraction of sp³-hybridized carbons (Fsp3) is 0.222. The van der Waals surface area contributed by atoms with Gasteiger partial charge in [0.05, 0.1) is 18.3 Å². The van der Waals surface area contributed by atoms with Crippen LogP contribution >= 0.6 is 0 Å². The Morgan fingerprint density at radius 2 is 1.62 bits per heavy atom. The van der Waals surface area contributed by atoms with Crippen molar-refractivity contribution in [2.45, 2.75) is 18.0 Å². The minimum absolute atomic E-state index is 0.0232. The average molecular weight is 280 g/mol. The van der Waals surface area contributed by atoms with E-state index >= 15 is 0 Å². The Balaban J connectivity index is 1.62. The molecule has 4 rings (SSSR count). The second kappa shape index (κ2) is 4.72. The summed E-state index contributed by atoms with van der Waals surface area (Å²) in [6, 6.07) is 19.5. The summed E-state index contributed by atoms with van der Waals surface area (Å²) >= 11 is 0. The molecule has 1 fully saturated rings. The van der Waals surface area contributed by atoms with E-state index in [4.69, 9.17) is 9.47 Å². The van der Waals surface area contributed by atoms with Crippen molar-refractivity contribution in [2.75, 3.05) is 0 Å². The third-order valence-corrected chi connectivity index (χ3v) is 4.26. The van der Waals surface area contributed by atoms with Gasteiger partial charge in [-0.2, -0.15) is 0 Å². The van der Waals surface area contributed by atoms with Crippen molar-refractivity contribution in [1.82, 2.24) is 0 Å². The summed E-state index contributed by atoms with van der Waals surface area (Å²) in [5.41, 5.74) is 1.91. The quantitative estimate of drug-likeness (QED) is 0.937. The summed E-state index contributed by atoms with van der Waals surface area (Å²) in [5, 5.41) is 10.7. The summed E-state index contributed by atoms with van der Waals surface area (Å²) in [5.74, 6) is -0.961. The predicted molar refractivity (Wildman–Crippen MR) is 78.1 cm³/mol. The van der Waals surface area contributed by atoms with Crippen molar-refractivity contribution in [1.29, 1.82) is 0 Å². The van der Waals surface area contributed by atoms with Crippen LogP contribution in [0.15, 0.2) is 73.0 Å². The number of aliphatic hydroxyl groups is 1. The van der Waals surface area contributed by atoms with E-state index in [1.807, 2.05) is 66.7 Å². The van der Waals surface area contributed by atoms with Gasteiger partial charge in [0.1, 0.15) is 6.10 Å². The molecule has 0 aliphatic carbocycles. The third kappa shape index (κ3) is 1.82. The molecule has 2 heterocycles.